The van der Waals surface area contributed by atoms with Crippen molar-refractivity contribution in [3.05, 3.63) is 84.8 Å². The fraction of sp³-hybridized carbons (Fsp3) is 0.0526. The molecule has 1 aromatic carbocycles. The van der Waals surface area contributed by atoms with Gasteiger partial charge in [0.15, 0.2) is 12.4 Å². The van der Waals surface area contributed by atoms with Gasteiger partial charge < -0.3 is 34.0 Å². The summed E-state index contributed by atoms with van der Waals surface area (Å²) in [4.78, 5) is 0. The molecule has 0 aliphatic heterocycles. The Morgan fingerprint density at radius 1 is 0.692 bits per heavy atom. The number of hydrogen-bond donors (Lipinski definition) is 0. The molecule has 0 fully saturated rings. The van der Waals surface area contributed by atoms with Gasteiger partial charge in [0.05, 0.1) is 11.1 Å². The lowest BCUT2D eigenvalue weighted by Gasteiger charge is -2.06. The summed E-state index contributed by atoms with van der Waals surface area (Å²) in [7, 11) is 0. The second-order valence-electron chi connectivity index (χ2n) is 5.54. The van der Waals surface area contributed by atoms with Gasteiger partial charge in [0, 0.05) is 24.3 Å². The van der Waals surface area contributed by atoms with E-state index < -0.39 is 11.7 Å². The summed E-state index contributed by atoms with van der Waals surface area (Å²) in [6.45, 7) is 0. The Hall–Kier alpha value is -1.99. The Balaban J connectivity index is 0.00000121. The third kappa shape index (κ3) is 3.59. The van der Waals surface area contributed by atoms with Crippen LogP contribution in [0.15, 0.2) is 79.3 Å². The standard InChI is InChI=1S/C19H13F3N2.2BrH/c20-19(21,22)15-9-7-14(8-10-15)18-13-23-11-3-1-5-16(23)17-6-2-4-12-24(17)18;;/h1-13H;2*1H/q+2;;/p-2. The second kappa shape index (κ2) is 7.72. The summed E-state index contributed by atoms with van der Waals surface area (Å²) in [5.74, 6) is 0. The van der Waals surface area contributed by atoms with Crippen molar-refractivity contribution < 1.29 is 55.9 Å². The Kier molecular flexibility index (Phi) is 6.03. The van der Waals surface area contributed by atoms with Gasteiger partial charge in [0.25, 0.3) is 16.7 Å². The molecule has 0 amide bonds. The van der Waals surface area contributed by atoms with Gasteiger partial charge in [0.1, 0.15) is 0 Å². The summed E-state index contributed by atoms with van der Waals surface area (Å²) in [6.07, 6.45) is 1.43. The second-order valence-corrected chi connectivity index (χ2v) is 5.54. The molecular formula is C19H13Br2F3N2. The number of fused-ring (bicyclic) bond motifs is 3. The number of alkyl halides is 3. The molecule has 7 heteroatoms. The van der Waals surface area contributed by atoms with Crippen molar-refractivity contribution in [1.82, 2.24) is 0 Å². The summed E-state index contributed by atoms with van der Waals surface area (Å²) in [5.41, 5.74) is 2.91. The lowest BCUT2D eigenvalue weighted by Crippen LogP contribution is -3.00. The van der Waals surface area contributed by atoms with E-state index in [1.54, 1.807) is 0 Å². The summed E-state index contributed by atoms with van der Waals surface area (Å²) in [5, 5.41) is 0. The SMILES string of the molecule is FC(F)(F)c1ccc(-c2c[n+]3ccccc3c3cccc[n+]23)cc1.[Br-].[Br-]. The van der Waals surface area contributed by atoms with Crippen LogP contribution in [0.4, 0.5) is 13.2 Å². The molecule has 0 aliphatic rings. The number of rotatable bonds is 1. The van der Waals surface area contributed by atoms with Gasteiger partial charge in [-0.3, -0.25) is 0 Å². The van der Waals surface area contributed by atoms with Crippen LogP contribution in [-0.4, -0.2) is 0 Å². The van der Waals surface area contributed by atoms with E-state index in [0.717, 1.165) is 34.4 Å². The van der Waals surface area contributed by atoms with Crippen molar-refractivity contribution in [3.8, 4) is 11.3 Å². The van der Waals surface area contributed by atoms with Gasteiger partial charge in [-0.1, -0.05) is 0 Å². The largest absolute Gasteiger partial charge is 1.00 e. The van der Waals surface area contributed by atoms with Crippen LogP contribution in [0.2, 0.25) is 0 Å². The normalized spacial score (nSPS) is 11.0. The van der Waals surface area contributed by atoms with Crippen molar-refractivity contribution in [2.24, 2.45) is 0 Å². The Bertz CT molecular complexity index is 1050. The molecule has 4 aromatic rings. The molecule has 3 heterocycles. The molecule has 0 atom stereocenters. The van der Waals surface area contributed by atoms with Gasteiger partial charge in [0.2, 0.25) is 6.20 Å². The maximum Gasteiger partial charge on any atom is 0.416 e. The molecule has 0 N–H and O–H groups in total. The summed E-state index contributed by atoms with van der Waals surface area (Å²) < 4.78 is 42.3. The lowest BCUT2D eigenvalue weighted by atomic mass is 10.1. The quantitative estimate of drug-likeness (QED) is 0.215. The average molecular weight is 486 g/mol. The van der Waals surface area contributed by atoms with Gasteiger partial charge in [-0.05, 0) is 36.4 Å². The molecule has 4 rings (SSSR count). The Labute approximate surface area is 169 Å². The first-order valence-corrected chi connectivity index (χ1v) is 7.45. The van der Waals surface area contributed by atoms with Crippen LogP contribution in [-0.2, 0) is 6.18 Å². The van der Waals surface area contributed by atoms with E-state index in [1.165, 1.54) is 12.1 Å². The number of aromatic nitrogens is 2. The molecule has 0 radical (unpaired) electrons. The van der Waals surface area contributed by atoms with Gasteiger partial charge in [-0.25, -0.2) is 0 Å². The lowest BCUT2D eigenvalue weighted by molar-refractivity contribution is -0.556. The minimum absolute atomic E-state index is 0. The molecular weight excluding hydrogens is 473 g/mol. The Morgan fingerprint density at radius 2 is 1.31 bits per heavy atom. The predicted molar refractivity (Wildman–Crippen MR) is 83.2 cm³/mol. The molecule has 26 heavy (non-hydrogen) atoms. The highest BCUT2D eigenvalue weighted by Gasteiger charge is 2.30. The van der Waals surface area contributed by atoms with Gasteiger partial charge >= 0.3 is 6.18 Å². The zero-order chi connectivity index (χ0) is 16.7. The molecule has 0 bridgehead atoms. The molecule has 0 aliphatic carbocycles. The topological polar surface area (TPSA) is 8.20 Å². The molecule has 134 valence electrons. The van der Waals surface area contributed by atoms with Crippen LogP contribution in [0, 0.1) is 0 Å². The smallest absolute Gasteiger partial charge is 0.416 e. The number of benzene rings is 1. The number of hydrogen-bond acceptors (Lipinski definition) is 0. The first-order chi connectivity index (χ1) is 11.5. The minimum Gasteiger partial charge on any atom is -1.00 e. The van der Waals surface area contributed by atoms with E-state index in [4.69, 9.17) is 0 Å². The Morgan fingerprint density at radius 3 is 1.96 bits per heavy atom. The van der Waals surface area contributed by atoms with Crippen molar-refractivity contribution in [1.29, 1.82) is 0 Å². The average Bonchev–Trinajstić information content (AvgIpc) is 2.60. The van der Waals surface area contributed by atoms with Crippen LogP contribution >= 0.6 is 0 Å². The van der Waals surface area contributed by atoms with Crippen molar-refractivity contribution in [3.63, 3.8) is 0 Å². The van der Waals surface area contributed by atoms with Gasteiger partial charge in [-0.2, -0.15) is 17.6 Å². The van der Waals surface area contributed by atoms with Gasteiger partial charge in [-0.15, -0.1) is 4.40 Å². The molecule has 0 saturated heterocycles. The maximum atomic E-state index is 12.8. The molecule has 0 saturated carbocycles. The van der Waals surface area contributed by atoms with Crippen LogP contribution in [0.3, 0.4) is 0 Å². The number of nitrogens with zero attached hydrogens (tertiary/aromatic N) is 2. The fourth-order valence-electron chi connectivity index (χ4n) is 2.89. The molecule has 0 spiro atoms. The van der Waals surface area contributed by atoms with Crippen LogP contribution < -0.4 is 42.8 Å². The van der Waals surface area contributed by atoms with Crippen molar-refractivity contribution in [2.75, 3.05) is 0 Å². The number of halogens is 5. The summed E-state index contributed by atoms with van der Waals surface area (Å²) >= 11 is 0. The fourth-order valence-corrected chi connectivity index (χ4v) is 2.89. The molecule has 2 nitrogen and oxygen atoms in total. The van der Waals surface area contributed by atoms with E-state index in [0.29, 0.717) is 0 Å². The van der Waals surface area contributed by atoms with E-state index in [1.807, 2.05) is 63.8 Å². The highest BCUT2D eigenvalue weighted by molar-refractivity contribution is 5.68. The monoisotopic (exact) mass is 484 g/mol. The van der Waals surface area contributed by atoms with Crippen LogP contribution in [0.1, 0.15) is 5.56 Å². The molecule has 0 unspecified atom stereocenters. The van der Waals surface area contributed by atoms with Crippen molar-refractivity contribution >= 4 is 11.0 Å². The van der Waals surface area contributed by atoms with Crippen LogP contribution in [0.5, 0.6) is 0 Å². The minimum atomic E-state index is -4.33. The van der Waals surface area contributed by atoms with E-state index in [-0.39, 0.29) is 34.0 Å². The van der Waals surface area contributed by atoms with E-state index in [9.17, 15) is 13.2 Å². The molecule has 3 aromatic heterocycles. The zero-order valence-corrected chi connectivity index (χ0v) is 16.5. The first-order valence-electron chi connectivity index (χ1n) is 7.45. The maximum absolute atomic E-state index is 12.8. The van der Waals surface area contributed by atoms with E-state index in [2.05, 4.69) is 0 Å². The predicted octanol–water partition coefficient (Wildman–Crippen LogP) is -2.14. The number of pyridine rings is 2. The summed E-state index contributed by atoms with van der Waals surface area (Å²) in [6, 6.07) is 17.0. The third-order valence-electron chi connectivity index (χ3n) is 4.04. The van der Waals surface area contributed by atoms with Crippen molar-refractivity contribution in [2.45, 2.75) is 6.18 Å². The first kappa shape index (κ1) is 20.3. The van der Waals surface area contributed by atoms with Crippen LogP contribution in [0.25, 0.3) is 22.3 Å². The van der Waals surface area contributed by atoms with E-state index >= 15 is 0 Å². The zero-order valence-electron chi connectivity index (χ0n) is 13.3. The highest BCUT2D eigenvalue weighted by atomic mass is 79.9. The third-order valence-corrected chi connectivity index (χ3v) is 4.04. The highest BCUT2D eigenvalue weighted by Crippen LogP contribution is 2.30.